The maximum atomic E-state index is 12.6. The van der Waals surface area contributed by atoms with E-state index < -0.39 is 11.6 Å². The van der Waals surface area contributed by atoms with Crippen LogP contribution in [0.1, 0.15) is 5.56 Å². The normalized spacial score (nSPS) is 10.3. The summed E-state index contributed by atoms with van der Waals surface area (Å²) in [5.74, 6) is -1.87. The molecule has 0 fully saturated rings. The second kappa shape index (κ2) is 4.30. The lowest BCUT2D eigenvalue weighted by atomic mass is 10.2. The molecule has 0 heterocycles. The minimum Gasteiger partial charge on any atom is -0.277 e. The summed E-state index contributed by atoms with van der Waals surface area (Å²) in [5, 5.41) is 3.40. The van der Waals surface area contributed by atoms with Gasteiger partial charge in [-0.15, -0.1) is 0 Å². The molecule has 0 saturated heterocycles. The molecule has 1 N–H and O–H groups in total. The van der Waals surface area contributed by atoms with E-state index in [1.807, 2.05) is 5.43 Å². The monoisotopic (exact) mass is 184 g/mol. The van der Waals surface area contributed by atoms with E-state index in [0.717, 1.165) is 12.1 Å². The molecular weight excluding hydrogens is 178 g/mol. The van der Waals surface area contributed by atoms with Crippen LogP contribution in [-0.4, -0.2) is 12.6 Å². The number of hydrogen-bond donors (Lipinski definition) is 1. The van der Waals surface area contributed by atoms with E-state index >= 15 is 0 Å². The Morgan fingerprint density at radius 3 is 2.69 bits per heavy atom. The first kappa shape index (κ1) is 9.31. The van der Waals surface area contributed by atoms with E-state index in [-0.39, 0.29) is 0 Å². The van der Waals surface area contributed by atoms with Gasteiger partial charge in [-0.3, -0.25) is 4.79 Å². The molecule has 0 atom stereocenters. The molecule has 5 heteroatoms. The smallest absolute Gasteiger partial charge is 0.227 e. The van der Waals surface area contributed by atoms with Crippen LogP contribution in [0.4, 0.5) is 8.78 Å². The van der Waals surface area contributed by atoms with Crippen molar-refractivity contribution in [1.82, 2.24) is 5.43 Å². The quantitative estimate of drug-likeness (QED) is 0.425. The fourth-order valence-corrected chi connectivity index (χ4v) is 0.735. The van der Waals surface area contributed by atoms with Gasteiger partial charge < -0.3 is 0 Å². The molecule has 1 aromatic carbocycles. The Kier molecular flexibility index (Phi) is 3.08. The molecule has 0 aliphatic rings. The predicted molar refractivity (Wildman–Crippen MR) is 43.2 cm³/mol. The van der Waals surface area contributed by atoms with Crippen LogP contribution in [0.2, 0.25) is 0 Å². The van der Waals surface area contributed by atoms with Crippen LogP contribution in [-0.2, 0) is 4.79 Å². The van der Waals surface area contributed by atoms with Crippen molar-refractivity contribution in [3.63, 3.8) is 0 Å². The van der Waals surface area contributed by atoms with Crippen LogP contribution < -0.4 is 5.43 Å². The van der Waals surface area contributed by atoms with E-state index in [2.05, 4.69) is 5.10 Å². The van der Waals surface area contributed by atoms with E-state index in [1.165, 1.54) is 12.3 Å². The van der Waals surface area contributed by atoms with E-state index in [0.29, 0.717) is 12.0 Å². The van der Waals surface area contributed by atoms with Gasteiger partial charge >= 0.3 is 0 Å². The van der Waals surface area contributed by atoms with Gasteiger partial charge in [0.25, 0.3) is 0 Å². The van der Waals surface area contributed by atoms with E-state index in [4.69, 9.17) is 0 Å². The predicted octanol–water partition coefficient (Wildman–Crippen LogP) is 1.04. The maximum Gasteiger partial charge on any atom is 0.227 e. The zero-order valence-electron chi connectivity index (χ0n) is 6.50. The number of benzene rings is 1. The van der Waals surface area contributed by atoms with Gasteiger partial charge in [-0.05, 0) is 17.7 Å². The first-order valence-corrected chi connectivity index (χ1v) is 3.41. The number of carbonyl (C=O) groups is 1. The Bertz CT molecular complexity index is 339. The fourth-order valence-electron chi connectivity index (χ4n) is 0.735. The summed E-state index contributed by atoms with van der Waals surface area (Å²) in [6.07, 6.45) is 1.58. The Hall–Kier alpha value is -1.78. The summed E-state index contributed by atoms with van der Waals surface area (Å²) >= 11 is 0. The number of carbonyl (C=O) groups excluding carboxylic acids is 1. The highest BCUT2D eigenvalue weighted by atomic mass is 19.2. The fraction of sp³-hybridized carbons (Fsp3) is 0. The Labute approximate surface area is 73.1 Å². The zero-order valence-corrected chi connectivity index (χ0v) is 6.50. The number of halogens is 2. The molecule has 0 aliphatic carbocycles. The molecule has 0 aromatic heterocycles. The van der Waals surface area contributed by atoms with E-state index in [1.54, 1.807) is 0 Å². The highest BCUT2D eigenvalue weighted by Gasteiger charge is 1.99. The van der Waals surface area contributed by atoms with Gasteiger partial charge in [-0.25, -0.2) is 14.2 Å². The highest BCUT2D eigenvalue weighted by Crippen LogP contribution is 2.06. The molecule has 0 spiro atoms. The molecule has 1 aromatic rings. The zero-order chi connectivity index (χ0) is 9.68. The van der Waals surface area contributed by atoms with Crippen molar-refractivity contribution >= 4 is 12.6 Å². The molecule has 3 nitrogen and oxygen atoms in total. The number of rotatable bonds is 3. The Balaban J connectivity index is 2.79. The molecule has 0 unspecified atom stereocenters. The van der Waals surface area contributed by atoms with E-state index in [9.17, 15) is 13.6 Å². The summed E-state index contributed by atoms with van der Waals surface area (Å²) in [6, 6.07) is 3.30. The minimum absolute atomic E-state index is 0.369. The topological polar surface area (TPSA) is 41.5 Å². The molecule has 0 bridgehead atoms. The summed E-state index contributed by atoms with van der Waals surface area (Å²) in [4.78, 5) is 9.76. The summed E-state index contributed by atoms with van der Waals surface area (Å²) in [5.41, 5.74) is 2.37. The number of hydrogen-bond acceptors (Lipinski definition) is 2. The lowest BCUT2D eigenvalue weighted by Crippen LogP contribution is -2.00. The lowest BCUT2D eigenvalue weighted by Gasteiger charge is -1.94. The Morgan fingerprint density at radius 2 is 2.08 bits per heavy atom. The first-order chi connectivity index (χ1) is 6.24. The standard InChI is InChI=1S/C8H6F2N2O/c9-7-2-1-6(3-8(7)10)4-11-12-5-13/h1-5H,(H,12,13)/b11-4-. The van der Waals surface area contributed by atoms with Gasteiger partial charge in [0.05, 0.1) is 6.21 Å². The molecule has 0 aliphatic heterocycles. The van der Waals surface area contributed by atoms with Crippen molar-refractivity contribution in [2.24, 2.45) is 5.10 Å². The Morgan fingerprint density at radius 1 is 1.31 bits per heavy atom. The van der Waals surface area contributed by atoms with Crippen LogP contribution in [0.3, 0.4) is 0 Å². The summed E-state index contributed by atoms with van der Waals surface area (Å²) < 4.78 is 25.0. The van der Waals surface area contributed by atoms with Gasteiger partial charge in [0.1, 0.15) is 0 Å². The van der Waals surface area contributed by atoms with Gasteiger partial charge in [0.15, 0.2) is 11.6 Å². The number of nitrogens with zero attached hydrogens (tertiary/aromatic N) is 1. The van der Waals surface area contributed by atoms with Crippen LogP contribution in [0.5, 0.6) is 0 Å². The van der Waals surface area contributed by atoms with Crippen molar-refractivity contribution in [2.45, 2.75) is 0 Å². The minimum atomic E-state index is -0.949. The molecule has 68 valence electrons. The van der Waals surface area contributed by atoms with Crippen LogP contribution >= 0.6 is 0 Å². The largest absolute Gasteiger partial charge is 0.277 e. The third-order valence-corrected chi connectivity index (χ3v) is 1.28. The summed E-state index contributed by atoms with van der Waals surface area (Å²) in [6.45, 7) is 0. The van der Waals surface area contributed by atoms with Gasteiger partial charge in [0.2, 0.25) is 6.41 Å². The van der Waals surface area contributed by atoms with Crippen LogP contribution in [0.15, 0.2) is 23.3 Å². The third kappa shape index (κ3) is 2.62. The van der Waals surface area contributed by atoms with Gasteiger partial charge in [0, 0.05) is 0 Å². The first-order valence-electron chi connectivity index (χ1n) is 3.41. The van der Waals surface area contributed by atoms with Crippen molar-refractivity contribution in [2.75, 3.05) is 0 Å². The number of nitrogens with one attached hydrogen (secondary N) is 1. The number of hydrazone groups is 1. The third-order valence-electron chi connectivity index (χ3n) is 1.28. The van der Waals surface area contributed by atoms with Crippen molar-refractivity contribution in [3.8, 4) is 0 Å². The second-order valence-corrected chi connectivity index (χ2v) is 2.18. The van der Waals surface area contributed by atoms with Crippen LogP contribution in [0.25, 0.3) is 0 Å². The average molecular weight is 184 g/mol. The second-order valence-electron chi connectivity index (χ2n) is 2.18. The van der Waals surface area contributed by atoms with Crippen LogP contribution in [0, 0.1) is 11.6 Å². The van der Waals surface area contributed by atoms with Gasteiger partial charge in [-0.1, -0.05) is 6.07 Å². The molecule has 0 radical (unpaired) electrons. The summed E-state index contributed by atoms with van der Waals surface area (Å²) in [7, 11) is 0. The molecule has 0 saturated carbocycles. The molecule has 1 amide bonds. The maximum absolute atomic E-state index is 12.6. The molecule has 13 heavy (non-hydrogen) atoms. The SMILES string of the molecule is O=CN/N=C\c1ccc(F)c(F)c1. The van der Waals surface area contributed by atoms with Crippen molar-refractivity contribution < 1.29 is 13.6 Å². The number of amides is 1. The van der Waals surface area contributed by atoms with Crippen molar-refractivity contribution in [1.29, 1.82) is 0 Å². The molecule has 1 rings (SSSR count). The van der Waals surface area contributed by atoms with Crippen molar-refractivity contribution in [3.05, 3.63) is 35.4 Å². The lowest BCUT2D eigenvalue weighted by molar-refractivity contribution is -0.109. The van der Waals surface area contributed by atoms with Gasteiger partial charge in [-0.2, -0.15) is 5.10 Å². The molecular formula is C8H6F2N2O. The highest BCUT2D eigenvalue weighted by molar-refractivity contribution is 5.79. The average Bonchev–Trinajstić information content (AvgIpc) is 2.12.